The van der Waals surface area contributed by atoms with Crippen LogP contribution >= 0.6 is 0 Å². The smallest absolute Gasteiger partial charge is 0.0859 e. The van der Waals surface area contributed by atoms with Gasteiger partial charge in [-0.15, -0.1) is 0 Å². The average molecular weight is 222 g/mol. The van der Waals surface area contributed by atoms with Crippen LogP contribution in [0.1, 0.15) is 38.5 Å². The van der Waals surface area contributed by atoms with Crippen molar-refractivity contribution in [2.75, 3.05) is 0 Å². The second-order valence-corrected chi connectivity index (χ2v) is 12.5. The fraction of sp³-hybridized carbons (Fsp3) is 1.00. The molecule has 1 unspecified atom stereocenters. The predicted octanol–water partition coefficient (Wildman–Crippen LogP) is 4.71. The summed E-state index contributed by atoms with van der Waals surface area (Å²) >= 11 is 0. The van der Waals surface area contributed by atoms with Gasteiger partial charge in [0.05, 0.1) is 0 Å². The molecule has 2 fully saturated rings. The first-order valence-electron chi connectivity index (χ1n) is 7.00. The van der Waals surface area contributed by atoms with Gasteiger partial charge in [0.2, 0.25) is 0 Å². The van der Waals surface area contributed by atoms with Crippen LogP contribution in [0, 0.1) is 5.92 Å². The normalized spacial score (nSPS) is 37.6. The van der Waals surface area contributed by atoms with E-state index in [-0.39, 0.29) is 0 Å². The molecule has 2 aliphatic rings. The molecule has 2 bridgehead atoms. The quantitative estimate of drug-likeness (QED) is 0.563. The van der Waals surface area contributed by atoms with E-state index in [0.717, 1.165) is 23.9 Å². The van der Waals surface area contributed by atoms with Gasteiger partial charge in [-0.25, -0.2) is 0 Å². The molecule has 0 saturated carbocycles. The van der Waals surface area contributed by atoms with E-state index in [9.17, 15) is 0 Å². The molecule has 15 heavy (non-hydrogen) atoms. The third kappa shape index (κ3) is 2.35. The number of hydrogen-bond donors (Lipinski definition) is 0. The lowest BCUT2D eigenvalue weighted by Crippen LogP contribution is -2.41. The summed E-state index contributed by atoms with van der Waals surface area (Å²) in [6.07, 6.45) is 9.24. The lowest BCUT2D eigenvalue weighted by atomic mass is 9.39. The first-order chi connectivity index (χ1) is 7.00. The minimum absolute atomic E-state index is 0.938. The Morgan fingerprint density at radius 2 is 1.47 bits per heavy atom. The molecule has 2 rings (SSSR count). The highest BCUT2D eigenvalue weighted by Crippen LogP contribution is 2.49. The number of hydrogen-bond acceptors (Lipinski definition) is 0. The van der Waals surface area contributed by atoms with E-state index in [4.69, 9.17) is 0 Å². The lowest BCUT2D eigenvalue weighted by molar-refractivity contribution is 0.411. The Bertz CT molecular complexity index is 209. The molecule has 0 nitrogen and oxygen atoms in total. The van der Waals surface area contributed by atoms with Crippen LogP contribution < -0.4 is 0 Å². The van der Waals surface area contributed by atoms with Crippen molar-refractivity contribution in [1.82, 2.24) is 0 Å². The maximum Gasteiger partial charge on any atom is 0.140 e. The Balaban J connectivity index is 2.26. The maximum atomic E-state index is 2.61. The SMILES string of the molecule is CB1C2CCCC(CCC2)C1[Si](C)(C)C. The van der Waals surface area contributed by atoms with Crippen LogP contribution in [0.5, 0.6) is 0 Å². The van der Waals surface area contributed by atoms with Crippen molar-refractivity contribution in [2.45, 2.75) is 76.2 Å². The minimum atomic E-state index is -0.938. The van der Waals surface area contributed by atoms with Gasteiger partial charge in [-0.2, -0.15) is 0 Å². The van der Waals surface area contributed by atoms with E-state index < -0.39 is 8.07 Å². The van der Waals surface area contributed by atoms with E-state index in [1.54, 1.807) is 25.7 Å². The molecule has 2 heterocycles. The van der Waals surface area contributed by atoms with E-state index in [1.807, 2.05) is 0 Å². The topological polar surface area (TPSA) is 0 Å². The van der Waals surface area contributed by atoms with Crippen LogP contribution in [-0.2, 0) is 0 Å². The Morgan fingerprint density at radius 1 is 0.933 bits per heavy atom. The molecular weight excluding hydrogens is 195 g/mol. The zero-order valence-corrected chi connectivity index (χ0v) is 12.1. The van der Waals surface area contributed by atoms with E-state index in [0.29, 0.717) is 0 Å². The van der Waals surface area contributed by atoms with Gasteiger partial charge in [0.25, 0.3) is 0 Å². The van der Waals surface area contributed by atoms with Gasteiger partial charge in [0.15, 0.2) is 0 Å². The average Bonchev–Trinajstić information content (AvgIpc) is 2.28. The van der Waals surface area contributed by atoms with Crippen molar-refractivity contribution < 1.29 is 0 Å². The molecule has 0 spiro atoms. The summed E-state index contributed by atoms with van der Waals surface area (Å²) in [7, 11) is -0.938. The summed E-state index contributed by atoms with van der Waals surface area (Å²) in [5.41, 5.74) is 1.12. The Labute approximate surface area is 97.3 Å². The van der Waals surface area contributed by atoms with Crippen LogP contribution in [0.15, 0.2) is 0 Å². The highest BCUT2D eigenvalue weighted by molar-refractivity contribution is 6.90. The Kier molecular flexibility index (Phi) is 3.35. The van der Waals surface area contributed by atoms with Crippen molar-refractivity contribution in [1.29, 1.82) is 0 Å². The standard InChI is InChI=1S/C13H27BSi/c1-14-12-9-5-7-11(8-6-10-12)13(14)15(2,3)4/h11-13H,5-10H2,1-4H3. The van der Waals surface area contributed by atoms with Crippen molar-refractivity contribution >= 4 is 14.8 Å². The second kappa shape index (κ2) is 4.27. The van der Waals surface area contributed by atoms with Gasteiger partial charge < -0.3 is 0 Å². The molecule has 2 saturated heterocycles. The van der Waals surface area contributed by atoms with Gasteiger partial charge >= 0.3 is 0 Å². The maximum absolute atomic E-state index is 2.61. The van der Waals surface area contributed by atoms with Gasteiger partial charge in [0.1, 0.15) is 6.71 Å². The first kappa shape index (κ1) is 11.8. The summed E-state index contributed by atoms with van der Waals surface area (Å²) in [6, 6.07) is 0. The molecule has 0 aliphatic carbocycles. The van der Waals surface area contributed by atoms with Crippen LogP contribution in [0.3, 0.4) is 0 Å². The minimum Gasteiger partial charge on any atom is -0.0859 e. The van der Waals surface area contributed by atoms with Gasteiger partial charge in [-0.05, 0) is 5.92 Å². The third-order valence-electron chi connectivity index (χ3n) is 5.12. The van der Waals surface area contributed by atoms with Crippen LogP contribution in [0.25, 0.3) is 0 Å². The molecule has 0 aromatic carbocycles. The number of rotatable bonds is 1. The number of fused-ring (bicyclic) bond motifs is 3. The summed E-state index contributed by atoms with van der Waals surface area (Å²) in [6.45, 7) is 11.4. The highest BCUT2D eigenvalue weighted by Gasteiger charge is 2.44. The lowest BCUT2D eigenvalue weighted by Gasteiger charge is -2.37. The molecular formula is C13H27BSi. The highest BCUT2D eigenvalue weighted by atomic mass is 28.3. The van der Waals surface area contributed by atoms with Crippen molar-refractivity contribution in [3.63, 3.8) is 0 Å². The molecule has 0 aromatic heterocycles. The molecule has 0 N–H and O–H groups in total. The van der Waals surface area contributed by atoms with Gasteiger partial charge in [-0.3, -0.25) is 0 Å². The Hall–Kier alpha value is 0.282. The molecule has 1 atom stereocenters. The van der Waals surface area contributed by atoms with E-state index >= 15 is 0 Å². The van der Waals surface area contributed by atoms with Crippen LogP contribution in [0.2, 0.25) is 37.7 Å². The molecule has 0 aromatic rings. The largest absolute Gasteiger partial charge is 0.140 e. The monoisotopic (exact) mass is 222 g/mol. The Morgan fingerprint density at radius 3 is 1.93 bits per heavy atom. The molecule has 86 valence electrons. The zero-order chi connectivity index (χ0) is 11.1. The van der Waals surface area contributed by atoms with E-state index in [1.165, 1.54) is 12.8 Å². The summed E-state index contributed by atoms with van der Waals surface area (Å²) < 4.78 is 0. The zero-order valence-electron chi connectivity index (χ0n) is 11.1. The van der Waals surface area contributed by atoms with Crippen molar-refractivity contribution in [2.24, 2.45) is 5.92 Å². The van der Waals surface area contributed by atoms with Crippen molar-refractivity contribution in [3.8, 4) is 0 Å². The van der Waals surface area contributed by atoms with Crippen LogP contribution in [-0.4, -0.2) is 14.8 Å². The second-order valence-electron chi connectivity index (χ2n) is 7.13. The third-order valence-corrected chi connectivity index (χ3v) is 8.11. The van der Waals surface area contributed by atoms with Gasteiger partial charge in [-0.1, -0.05) is 76.2 Å². The van der Waals surface area contributed by atoms with Crippen LogP contribution in [0.4, 0.5) is 0 Å². The summed E-state index contributed by atoms with van der Waals surface area (Å²) in [5.74, 6) is 2.17. The van der Waals surface area contributed by atoms with E-state index in [2.05, 4.69) is 26.5 Å². The first-order valence-corrected chi connectivity index (χ1v) is 10.6. The predicted molar refractivity (Wildman–Crippen MR) is 73.7 cm³/mol. The summed E-state index contributed by atoms with van der Waals surface area (Å²) in [4.78, 5) is 0. The molecule has 0 amide bonds. The fourth-order valence-electron chi connectivity index (χ4n) is 4.68. The summed E-state index contributed by atoms with van der Waals surface area (Å²) in [5, 5.41) is 0. The van der Waals surface area contributed by atoms with Gasteiger partial charge in [0, 0.05) is 8.07 Å². The fourth-order valence-corrected chi connectivity index (χ4v) is 8.27. The molecule has 2 heteroatoms. The van der Waals surface area contributed by atoms with Crippen molar-refractivity contribution in [3.05, 3.63) is 0 Å². The molecule has 0 radical (unpaired) electrons. The molecule has 2 aliphatic heterocycles.